The summed E-state index contributed by atoms with van der Waals surface area (Å²) in [5, 5.41) is 14.8. The van der Waals surface area contributed by atoms with E-state index in [2.05, 4.69) is 27.8 Å². The fourth-order valence-corrected chi connectivity index (χ4v) is 4.87. The van der Waals surface area contributed by atoms with Crippen molar-refractivity contribution >= 4 is 57.2 Å². The van der Waals surface area contributed by atoms with Crippen LogP contribution in [0.15, 0.2) is 36.4 Å². The van der Waals surface area contributed by atoms with Crippen LogP contribution in [-0.4, -0.2) is 41.6 Å². The van der Waals surface area contributed by atoms with E-state index in [4.69, 9.17) is 16.3 Å². The lowest BCUT2D eigenvalue weighted by atomic mass is 10.1. The smallest absolute Gasteiger partial charge is 0.261 e. The number of carbonyl (C=O) groups is 3. The van der Waals surface area contributed by atoms with Gasteiger partial charge in [0.1, 0.15) is 10.8 Å². The van der Waals surface area contributed by atoms with E-state index in [1.54, 1.807) is 4.90 Å². The van der Waals surface area contributed by atoms with E-state index in [0.29, 0.717) is 28.8 Å². The van der Waals surface area contributed by atoms with Crippen LogP contribution in [0.5, 0.6) is 5.75 Å². The molecule has 4 rings (SSSR count). The fourth-order valence-electron chi connectivity index (χ4n) is 3.83. The third-order valence-electron chi connectivity index (χ3n) is 5.64. The molecule has 2 aromatic carbocycles. The number of nitrogens with one attached hydrogen (secondary N) is 2. The Morgan fingerprint density at radius 1 is 1.20 bits per heavy atom. The summed E-state index contributed by atoms with van der Waals surface area (Å²) in [6.45, 7) is 3.94. The molecule has 35 heavy (non-hydrogen) atoms. The monoisotopic (exact) mass is 513 g/mol. The molecule has 3 amide bonds. The molecule has 2 heterocycles. The molecule has 1 atom stereocenters. The lowest BCUT2D eigenvalue weighted by Gasteiger charge is -2.16. The molecule has 0 spiro atoms. The molecular formula is C24H24ClN5O4S. The number of methoxy groups -OCH3 is 1. The molecule has 2 N–H and O–H groups in total. The Labute approximate surface area is 211 Å². The number of nitrogens with zero attached hydrogens (tertiary/aromatic N) is 3. The zero-order valence-electron chi connectivity index (χ0n) is 19.4. The first-order valence-corrected chi connectivity index (χ1v) is 12.2. The molecule has 11 heteroatoms. The molecule has 3 aromatic rings. The van der Waals surface area contributed by atoms with Gasteiger partial charge in [0, 0.05) is 37.6 Å². The number of amides is 3. The molecule has 182 valence electrons. The van der Waals surface area contributed by atoms with Crippen molar-refractivity contribution in [3.05, 3.63) is 57.6 Å². The molecule has 1 fully saturated rings. The van der Waals surface area contributed by atoms with Crippen molar-refractivity contribution in [2.45, 2.75) is 32.6 Å². The summed E-state index contributed by atoms with van der Waals surface area (Å²) >= 11 is 7.45. The number of aromatic nitrogens is 2. The van der Waals surface area contributed by atoms with Crippen molar-refractivity contribution in [2.75, 3.05) is 29.2 Å². The van der Waals surface area contributed by atoms with Crippen LogP contribution in [0, 0.1) is 0 Å². The summed E-state index contributed by atoms with van der Waals surface area (Å²) in [7, 11) is 1.42. The van der Waals surface area contributed by atoms with Gasteiger partial charge in [-0.25, -0.2) is 0 Å². The minimum absolute atomic E-state index is 0.0265. The van der Waals surface area contributed by atoms with Crippen LogP contribution in [0.25, 0.3) is 0 Å². The Morgan fingerprint density at radius 2 is 1.94 bits per heavy atom. The summed E-state index contributed by atoms with van der Waals surface area (Å²) < 4.78 is 5.30. The van der Waals surface area contributed by atoms with Crippen molar-refractivity contribution in [2.24, 2.45) is 0 Å². The van der Waals surface area contributed by atoms with Gasteiger partial charge >= 0.3 is 0 Å². The van der Waals surface area contributed by atoms with Crippen molar-refractivity contribution in [1.29, 1.82) is 0 Å². The van der Waals surface area contributed by atoms with Crippen LogP contribution in [0.1, 0.15) is 47.1 Å². The predicted molar refractivity (Wildman–Crippen MR) is 136 cm³/mol. The second kappa shape index (κ2) is 10.4. The second-order valence-electron chi connectivity index (χ2n) is 8.04. The minimum atomic E-state index is -0.485. The number of benzene rings is 2. The molecule has 1 saturated heterocycles. The number of aryl methyl sites for hydroxylation is 1. The van der Waals surface area contributed by atoms with Gasteiger partial charge in [0.05, 0.1) is 23.4 Å². The lowest BCUT2D eigenvalue weighted by Crippen LogP contribution is -2.24. The van der Waals surface area contributed by atoms with Gasteiger partial charge in [0.25, 0.3) is 5.91 Å². The molecule has 0 saturated carbocycles. The Bertz CT molecular complexity index is 1280. The molecular weight excluding hydrogens is 490 g/mol. The van der Waals surface area contributed by atoms with E-state index in [9.17, 15) is 14.4 Å². The molecule has 1 aliphatic rings. The number of rotatable bonds is 7. The van der Waals surface area contributed by atoms with Gasteiger partial charge in [-0.3, -0.25) is 19.7 Å². The van der Waals surface area contributed by atoms with Crippen LogP contribution in [0.2, 0.25) is 5.02 Å². The van der Waals surface area contributed by atoms with Gasteiger partial charge < -0.3 is 15.0 Å². The highest BCUT2D eigenvalue weighted by atomic mass is 35.5. The fraction of sp³-hybridized carbons (Fsp3) is 0.292. The molecule has 0 radical (unpaired) electrons. The molecule has 9 nitrogen and oxygen atoms in total. The van der Waals surface area contributed by atoms with Crippen LogP contribution in [-0.2, 0) is 16.0 Å². The van der Waals surface area contributed by atoms with E-state index in [-0.39, 0.29) is 34.1 Å². The number of hydrogen-bond acceptors (Lipinski definition) is 7. The second-order valence-corrected chi connectivity index (χ2v) is 9.45. The first kappa shape index (κ1) is 24.6. The van der Waals surface area contributed by atoms with Crippen molar-refractivity contribution in [1.82, 2.24) is 10.2 Å². The molecule has 0 bridgehead atoms. The Hall–Kier alpha value is -3.50. The minimum Gasteiger partial charge on any atom is -0.496 e. The van der Waals surface area contributed by atoms with Crippen LogP contribution >= 0.6 is 22.9 Å². The zero-order valence-corrected chi connectivity index (χ0v) is 21.0. The largest absolute Gasteiger partial charge is 0.496 e. The van der Waals surface area contributed by atoms with Crippen molar-refractivity contribution < 1.29 is 19.1 Å². The van der Waals surface area contributed by atoms with Gasteiger partial charge in [-0.2, -0.15) is 0 Å². The highest BCUT2D eigenvalue weighted by molar-refractivity contribution is 7.15. The molecule has 1 aromatic heterocycles. The predicted octanol–water partition coefficient (Wildman–Crippen LogP) is 4.49. The summed E-state index contributed by atoms with van der Waals surface area (Å²) in [5.74, 6) is -0.627. The first-order chi connectivity index (χ1) is 16.8. The Morgan fingerprint density at radius 3 is 2.60 bits per heavy atom. The SMILES string of the molecule is CCc1ccc(N2CC(c3nnc(NC(=O)c4cc(Cl)c(NC(C)=O)cc4OC)s3)CC2=O)cc1. The topological polar surface area (TPSA) is 114 Å². The van der Waals surface area contributed by atoms with Gasteiger partial charge in [-0.15, -0.1) is 10.2 Å². The normalized spacial score (nSPS) is 15.3. The first-order valence-electron chi connectivity index (χ1n) is 11.0. The average molecular weight is 514 g/mol. The number of carbonyl (C=O) groups excluding carboxylic acids is 3. The van der Waals surface area contributed by atoms with Gasteiger partial charge in [-0.05, 0) is 30.2 Å². The number of anilines is 3. The maximum absolute atomic E-state index is 12.9. The van der Waals surface area contributed by atoms with Crippen LogP contribution in [0.3, 0.4) is 0 Å². The van der Waals surface area contributed by atoms with Crippen molar-refractivity contribution in [3.63, 3.8) is 0 Å². The Kier molecular flexibility index (Phi) is 7.32. The average Bonchev–Trinajstić information content (AvgIpc) is 3.46. The van der Waals surface area contributed by atoms with Crippen LogP contribution < -0.4 is 20.3 Å². The van der Waals surface area contributed by atoms with Crippen LogP contribution in [0.4, 0.5) is 16.5 Å². The number of halogens is 1. The number of hydrogen-bond donors (Lipinski definition) is 2. The summed E-state index contributed by atoms with van der Waals surface area (Å²) in [5.41, 5.74) is 2.59. The lowest BCUT2D eigenvalue weighted by molar-refractivity contribution is -0.117. The zero-order chi connectivity index (χ0) is 25.1. The van der Waals surface area contributed by atoms with Gasteiger partial charge in [0.2, 0.25) is 16.9 Å². The summed E-state index contributed by atoms with van der Waals surface area (Å²) in [6.07, 6.45) is 1.26. The van der Waals surface area contributed by atoms with E-state index >= 15 is 0 Å². The van der Waals surface area contributed by atoms with Gasteiger partial charge in [-0.1, -0.05) is 42.0 Å². The standard InChI is InChI=1S/C24H24ClN5O4S/c1-4-14-5-7-16(8-6-14)30-12-15(9-21(30)32)23-28-29-24(35-23)27-22(33)17-10-18(25)19(26-13(2)31)11-20(17)34-3/h5-8,10-11,15H,4,9,12H2,1-3H3,(H,26,31)(H,27,29,33). The maximum atomic E-state index is 12.9. The Balaban J connectivity index is 1.46. The third kappa shape index (κ3) is 5.44. The quantitative estimate of drug-likeness (QED) is 0.481. The van der Waals surface area contributed by atoms with Gasteiger partial charge in [0.15, 0.2) is 0 Å². The van der Waals surface area contributed by atoms with E-state index in [1.165, 1.54) is 43.1 Å². The van der Waals surface area contributed by atoms with E-state index in [1.807, 2.05) is 24.3 Å². The van der Waals surface area contributed by atoms with E-state index in [0.717, 1.165) is 12.1 Å². The van der Waals surface area contributed by atoms with Crippen molar-refractivity contribution in [3.8, 4) is 5.75 Å². The molecule has 1 aliphatic heterocycles. The summed E-state index contributed by atoms with van der Waals surface area (Å²) in [4.78, 5) is 38.6. The number of ether oxygens (including phenoxy) is 1. The molecule has 1 unspecified atom stereocenters. The highest BCUT2D eigenvalue weighted by Crippen LogP contribution is 2.35. The third-order valence-corrected chi connectivity index (χ3v) is 6.95. The molecule has 0 aliphatic carbocycles. The summed E-state index contributed by atoms with van der Waals surface area (Å²) in [6, 6.07) is 10.9. The highest BCUT2D eigenvalue weighted by Gasteiger charge is 2.34. The maximum Gasteiger partial charge on any atom is 0.261 e. The van der Waals surface area contributed by atoms with E-state index < -0.39 is 5.91 Å².